The summed E-state index contributed by atoms with van der Waals surface area (Å²) in [5.41, 5.74) is 0.598. The summed E-state index contributed by atoms with van der Waals surface area (Å²) in [6, 6.07) is 0. The lowest BCUT2D eigenvalue weighted by molar-refractivity contribution is -0.117. The molecule has 0 saturated carbocycles. The lowest BCUT2D eigenvalue weighted by atomic mass is 10.3. The van der Waals surface area contributed by atoms with Crippen LogP contribution in [0.3, 0.4) is 0 Å². The number of rotatable bonds is 3. The maximum Gasteiger partial charge on any atom is 0.407 e. The van der Waals surface area contributed by atoms with E-state index in [0.717, 1.165) is 0 Å². The molecule has 0 aliphatic carbocycles. The van der Waals surface area contributed by atoms with Crippen LogP contribution in [-0.4, -0.2) is 30.9 Å². The van der Waals surface area contributed by atoms with Gasteiger partial charge in [0.05, 0.1) is 17.1 Å². The number of thiol groups is 1. The van der Waals surface area contributed by atoms with Crippen LogP contribution in [0, 0.1) is 13.8 Å². The smallest absolute Gasteiger partial charge is 0.270 e. The van der Waals surface area contributed by atoms with E-state index in [1.165, 1.54) is 25.6 Å². The molecule has 0 aromatic carbocycles. The topological polar surface area (TPSA) is 55.2 Å². The van der Waals surface area contributed by atoms with Crippen molar-refractivity contribution in [2.24, 2.45) is 7.05 Å². The second kappa shape index (κ2) is 4.55. The number of halogens is 3. The van der Waals surface area contributed by atoms with Gasteiger partial charge in [0.2, 0.25) is 10.9 Å². The van der Waals surface area contributed by atoms with Crippen LogP contribution >= 0.6 is 0 Å². The van der Waals surface area contributed by atoms with Gasteiger partial charge in [-0.05, 0) is 13.8 Å². The minimum atomic E-state index is -4.59. The average molecular weight is 271 g/mol. The van der Waals surface area contributed by atoms with Crippen LogP contribution in [0.1, 0.15) is 11.4 Å². The third-order valence-corrected chi connectivity index (χ3v) is 2.99. The zero-order valence-corrected chi connectivity index (χ0v) is 10.3. The van der Waals surface area contributed by atoms with E-state index in [4.69, 9.17) is 0 Å². The van der Waals surface area contributed by atoms with Crippen LogP contribution in [0.25, 0.3) is 0 Å². The predicted molar refractivity (Wildman–Crippen MR) is 56.4 cm³/mol. The highest BCUT2D eigenvalue weighted by Gasteiger charge is 2.34. The highest BCUT2D eigenvalue weighted by molar-refractivity contribution is 7.74. The molecule has 0 amide bonds. The van der Waals surface area contributed by atoms with Crippen LogP contribution in [0.4, 0.5) is 18.9 Å². The number of anilines is 1. The third-order valence-electron chi connectivity index (χ3n) is 2.26. The Morgan fingerprint density at radius 3 is 2.18 bits per heavy atom. The Morgan fingerprint density at radius 2 is 1.88 bits per heavy atom. The Kier molecular flexibility index (Phi) is 3.70. The van der Waals surface area contributed by atoms with Gasteiger partial charge in [-0.15, -0.1) is 0 Å². The first kappa shape index (κ1) is 13.8. The number of alkyl halides is 3. The minimum absolute atomic E-state index is 0.0130. The molecule has 98 valence electrons. The van der Waals surface area contributed by atoms with Crippen molar-refractivity contribution in [1.29, 1.82) is 0 Å². The molecule has 0 N–H and O–H groups in total. The van der Waals surface area contributed by atoms with Gasteiger partial charge in [0.25, 0.3) is 0 Å². The predicted octanol–water partition coefficient (Wildman–Crippen LogP) is 0.932. The molecule has 0 saturated heterocycles. The Hall–Kier alpha value is -1.25. The number of hydrogen-bond acceptors (Lipinski definition) is 3. The zero-order valence-electron chi connectivity index (χ0n) is 9.45. The van der Waals surface area contributed by atoms with E-state index >= 15 is 0 Å². The monoisotopic (exact) mass is 271 g/mol. The third kappa shape index (κ3) is 3.11. The lowest BCUT2D eigenvalue weighted by Crippen LogP contribution is -2.33. The number of aromatic nitrogens is 2. The van der Waals surface area contributed by atoms with E-state index in [-0.39, 0.29) is 11.4 Å². The van der Waals surface area contributed by atoms with Crippen molar-refractivity contribution in [3.8, 4) is 0 Å². The molecule has 17 heavy (non-hydrogen) atoms. The summed E-state index contributed by atoms with van der Waals surface area (Å²) in [5, 5.41) is 3.88. The number of hydrogen-bond donors (Lipinski definition) is 1. The molecular formula is C8H12F3N3O2S. The van der Waals surface area contributed by atoms with E-state index < -0.39 is 23.6 Å². The molecule has 0 radical (unpaired) electrons. The van der Waals surface area contributed by atoms with Gasteiger partial charge in [-0.25, -0.2) is 8.42 Å². The molecule has 1 aromatic rings. The maximum atomic E-state index is 12.3. The second-order valence-corrected chi connectivity index (χ2v) is 4.51. The summed E-state index contributed by atoms with van der Waals surface area (Å²) in [7, 11) is -1.83. The van der Waals surface area contributed by atoms with Gasteiger partial charge >= 0.3 is 6.18 Å². The molecule has 0 aliphatic rings. The van der Waals surface area contributed by atoms with E-state index in [1.54, 1.807) is 0 Å². The molecule has 0 atom stereocenters. The van der Waals surface area contributed by atoms with Crippen molar-refractivity contribution in [3.63, 3.8) is 0 Å². The highest BCUT2D eigenvalue weighted by atomic mass is 32.2. The molecule has 0 aliphatic heterocycles. The van der Waals surface area contributed by atoms with Crippen molar-refractivity contribution in [2.45, 2.75) is 20.0 Å². The van der Waals surface area contributed by atoms with Gasteiger partial charge in [-0.2, -0.15) is 18.3 Å². The zero-order chi connectivity index (χ0) is 13.4. The van der Waals surface area contributed by atoms with E-state index in [1.807, 2.05) is 0 Å². The summed E-state index contributed by atoms with van der Waals surface area (Å²) in [6.45, 7) is 1.43. The van der Waals surface area contributed by atoms with Crippen LogP contribution in [0.15, 0.2) is 0 Å². The van der Waals surface area contributed by atoms with Crippen LogP contribution < -0.4 is 4.31 Å². The first-order valence-electron chi connectivity index (χ1n) is 4.62. The summed E-state index contributed by atoms with van der Waals surface area (Å²) in [4.78, 5) is 0. The van der Waals surface area contributed by atoms with Crippen molar-refractivity contribution < 1.29 is 21.6 Å². The highest BCUT2D eigenvalue weighted by Crippen LogP contribution is 2.27. The summed E-state index contributed by atoms with van der Waals surface area (Å²) >= 11 is 0. The van der Waals surface area contributed by atoms with Crippen molar-refractivity contribution in [2.75, 3.05) is 10.8 Å². The quantitative estimate of drug-likeness (QED) is 0.832. The van der Waals surface area contributed by atoms with Gasteiger partial charge in [-0.1, -0.05) is 0 Å². The molecule has 0 spiro atoms. The Balaban J connectivity index is 3.24. The molecule has 0 unspecified atom stereocenters. The Bertz CT molecular complexity index is 485. The van der Waals surface area contributed by atoms with Crippen LogP contribution in [0.5, 0.6) is 0 Å². The normalized spacial score (nSPS) is 12.2. The van der Waals surface area contributed by atoms with Gasteiger partial charge in [0.1, 0.15) is 6.54 Å². The average Bonchev–Trinajstić information content (AvgIpc) is 2.36. The van der Waals surface area contributed by atoms with Gasteiger partial charge < -0.3 is 0 Å². The first-order valence-corrected chi connectivity index (χ1v) is 5.75. The van der Waals surface area contributed by atoms with Crippen LogP contribution in [0.2, 0.25) is 0 Å². The molecule has 1 aromatic heterocycles. The van der Waals surface area contributed by atoms with Crippen molar-refractivity contribution in [3.05, 3.63) is 11.4 Å². The largest absolute Gasteiger partial charge is 0.407 e. The van der Waals surface area contributed by atoms with Crippen LogP contribution in [-0.2, 0) is 17.9 Å². The van der Waals surface area contributed by atoms with E-state index in [2.05, 4.69) is 5.10 Å². The lowest BCUT2D eigenvalue weighted by Gasteiger charge is -2.19. The fourth-order valence-electron chi connectivity index (χ4n) is 1.52. The summed E-state index contributed by atoms with van der Waals surface area (Å²) in [6.07, 6.45) is -4.59. The van der Waals surface area contributed by atoms with Crippen molar-refractivity contribution >= 4 is 16.6 Å². The first-order chi connectivity index (χ1) is 7.63. The molecule has 0 fully saturated rings. The molecule has 1 rings (SSSR count). The second-order valence-electron chi connectivity index (χ2n) is 3.55. The fraction of sp³-hybridized carbons (Fsp3) is 0.625. The molecule has 1 heterocycles. The van der Waals surface area contributed by atoms with Gasteiger partial charge in [-0.3, -0.25) is 8.99 Å². The van der Waals surface area contributed by atoms with E-state index in [9.17, 15) is 21.6 Å². The molecule has 0 bridgehead atoms. The van der Waals surface area contributed by atoms with Gasteiger partial charge in [0.15, 0.2) is 0 Å². The molecule has 5 nitrogen and oxygen atoms in total. The maximum absolute atomic E-state index is 12.3. The summed E-state index contributed by atoms with van der Waals surface area (Å²) in [5.74, 6) is 0. The number of nitrogens with zero attached hydrogens (tertiary/aromatic N) is 3. The standard InChI is InChI=1S/C8H12F3N3O2S/c1-5-7(6(2)13(3)12-5)14(17(15)16)4-8(9,10)11/h17H,4H2,1-3H3. The minimum Gasteiger partial charge on any atom is -0.270 e. The number of aryl methyl sites for hydroxylation is 2. The fourth-order valence-corrected chi connectivity index (χ4v) is 2.25. The summed E-state index contributed by atoms with van der Waals surface area (Å²) < 4.78 is 60.3. The SMILES string of the molecule is Cc1nn(C)c(C)c1N(CC(F)(F)F)[SH](=O)=O. The van der Waals surface area contributed by atoms with Gasteiger partial charge in [0, 0.05) is 7.05 Å². The molecular weight excluding hydrogens is 259 g/mol. The Labute approximate surface area is 97.9 Å². The Morgan fingerprint density at radius 1 is 1.35 bits per heavy atom. The van der Waals surface area contributed by atoms with Crippen molar-refractivity contribution in [1.82, 2.24) is 9.78 Å². The van der Waals surface area contributed by atoms with E-state index in [0.29, 0.717) is 10.00 Å². The molecule has 9 heteroatoms.